The fraction of sp³-hybridized carbons (Fsp3) is 0.611. The van der Waals surface area contributed by atoms with Gasteiger partial charge < -0.3 is 10.1 Å². The van der Waals surface area contributed by atoms with Gasteiger partial charge in [-0.25, -0.2) is 16.8 Å². The van der Waals surface area contributed by atoms with Crippen LogP contribution in [0, 0.1) is 0 Å². The number of hydrogen-bond donors (Lipinski definition) is 1. The van der Waals surface area contributed by atoms with Crippen LogP contribution in [0.25, 0.3) is 0 Å². The van der Waals surface area contributed by atoms with E-state index < -0.39 is 26.1 Å². The lowest BCUT2D eigenvalue weighted by molar-refractivity contribution is -0.124. The Hall–Kier alpha value is -1.18. The molecule has 2 fully saturated rings. The van der Waals surface area contributed by atoms with Crippen molar-refractivity contribution in [1.82, 2.24) is 13.9 Å². The minimum absolute atomic E-state index is 0.0326. The van der Waals surface area contributed by atoms with Gasteiger partial charge in [0.05, 0.1) is 28.9 Å². The monoisotopic (exact) mass is 477 g/mol. The minimum Gasteiger partial charge on any atom is -0.379 e. The molecule has 0 aliphatic carbocycles. The largest absolute Gasteiger partial charge is 0.379 e. The van der Waals surface area contributed by atoms with E-state index in [0.29, 0.717) is 19.0 Å². The first-order valence-electron chi connectivity index (χ1n) is 9.76. The van der Waals surface area contributed by atoms with Gasteiger partial charge in [-0.2, -0.15) is 8.61 Å². The second-order valence-corrected chi connectivity index (χ2v) is 12.0. The SMILES string of the molecule is CCC(C)NC(=O)C1CSCN1S(=O)(=O)c1ccc(S(=O)(=O)N2CCOCC2)cc1. The maximum Gasteiger partial charge on any atom is 0.244 e. The van der Waals surface area contributed by atoms with Crippen molar-refractivity contribution < 1.29 is 26.4 Å². The lowest BCUT2D eigenvalue weighted by Crippen LogP contribution is -2.49. The van der Waals surface area contributed by atoms with Gasteiger partial charge in [0, 0.05) is 24.9 Å². The molecule has 0 aromatic heterocycles. The topological polar surface area (TPSA) is 113 Å². The van der Waals surface area contributed by atoms with E-state index in [1.165, 1.54) is 44.6 Å². The van der Waals surface area contributed by atoms with E-state index in [9.17, 15) is 21.6 Å². The van der Waals surface area contributed by atoms with Crippen molar-refractivity contribution in [2.24, 2.45) is 0 Å². The Morgan fingerprint density at radius 1 is 1.13 bits per heavy atom. The van der Waals surface area contributed by atoms with Gasteiger partial charge in [-0.3, -0.25) is 4.79 Å². The second-order valence-electron chi connectivity index (χ2n) is 7.21. The Bertz CT molecular complexity index is 959. The average Bonchev–Trinajstić information content (AvgIpc) is 3.25. The number of nitrogens with zero attached hydrogens (tertiary/aromatic N) is 2. The lowest BCUT2D eigenvalue weighted by Gasteiger charge is -2.26. The highest BCUT2D eigenvalue weighted by atomic mass is 32.2. The van der Waals surface area contributed by atoms with Gasteiger partial charge in [0.1, 0.15) is 6.04 Å². The average molecular weight is 478 g/mol. The van der Waals surface area contributed by atoms with Gasteiger partial charge in [-0.1, -0.05) is 6.92 Å². The molecule has 12 heteroatoms. The van der Waals surface area contributed by atoms with Gasteiger partial charge in [0.2, 0.25) is 26.0 Å². The molecule has 9 nitrogen and oxygen atoms in total. The summed E-state index contributed by atoms with van der Waals surface area (Å²) >= 11 is 1.37. The quantitative estimate of drug-likeness (QED) is 0.615. The van der Waals surface area contributed by atoms with Crippen LogP contribution in [0.5, 0.6) is 0 Å². The van der Waals surface area contributed by atoms with Gasteiger partial charge in [-0.05, 0) is 37.6 Å². The number of hydrogen-bond acceptors (Lipinski definition) is 7. The molecule has 30 heavy (non-hydrogen) atoms. The molecular weight excluding hydrogens is 450 g/mol. The van der Waals surface area contributed by atoms with Gasteiger partial charge >= 0.3 is 0 Å². The number of thioether (sulfide) groups is 1. The highest BCUT2D eigenvalue weighted by molar-refractivity contribution is 8.00. The van der Waals surface area contributed by atoms with Crippen LogP contribution in [-0.2, 0) is 29.6 Å². The first-order chi connectivity index (χ1) is 14.2. The van der Waals surface area contributed by atoms with E-state index >= 15 is 0 Å². The maximum atomic E-state index is 13.1. The van der Waals surface area contributed by atoms with E-state index in [0.717, 1.165) is 6.42 Å². The number of carbonyl (C=O) groups is 1. The van der Waals surface area contributed by atoms with Crippen LogP contribution in [0.4, 0.5) is 0 Å². The standard InChI is InChI=1S/C18H27N3O6S3/c1-3-14(2)19-18(22)17-12-28-13-21(17)30(25,26)16-6-4-15(5-7-16)29(23,24)20-8-10-27-11-9-20/h4-7,14,17H,3,8-13H2,1-2H3,(H,19,22). The smallest absolute Gasteiger partial charge is 0.244 e. The Morgan fingerprint density at radius 3 is 2.27 bits per heavy atom. The third-order valence-electron chi connectivity index (χ3n) is 5.18. The van der Waals surface area contributed by atoms with E-state index in [-0.39, 0.29) is 40.7 Å². The number of nitrogens with one attached hydrogen (secondary N) is 1. The number of benzene rings is 1. The fourth-order valence-electron chi connectivity index (χ4n) is 3.17. The number of morpholine rings is 1. The molecule has 2 saturated heterocycles. The third kappa shape index (κ3) is 4.83. The molecule has 1 aromatic carbocycles. The minimum atomic E-state index is -3.94. The normalized spacial score (nSPS) is 22.7. The van der Waals surface area contributed by atoms with Gasteiger partial charge in [0.15, 0.2) is 0 Å². The van der Waals surface area contributed by atoms with Crippen molar-refractivity contribution in [3.63, 3.8) is 0 Å². The number of ether oxygens (including phenoxy) is 1. The molecule has 2 aliphatic heterocycles. The van der Waals surface area contributed by atoms with Crippen molar-refractivity contribution >= 4 is 37.7 Å². The second kappa shape index (κ2) is 9.53. The van der Waals surface area contributed by atoms with Crippen molar-refractivity contribution in [3.05, 3.63) is 24.3 Å². The zero-order chi connectivity index (χ0) is 21.9. The molecule has 2 aliphatic rings. The van der Waals surface area contributed by atoms with Gasteiger partial charge in [0.25, 0.3) is 0 Å². The third-order valence-corrected chi connectivity index (χ3v) is 10.1. The molecule has 1 amide bonds. The van der Waals surface area contributed by atoms with E-state index in [4.69, 9.17) is 4.74 Å². The summed E-state index contributed by atoms with van der Waals surface area (Å²) < 4.78 is 59.4. The molecule has 168 valence electrons. The van der Waals surface area contributed by atoms with Crippen LogP contribution in [0.1, 0.15) is 20.3 Å². The molecule has 2 unspecified atom stereocenters. The predicted molar refractivity (Wildman–Crippen MR) is 114 cm³/mol. The highest BCUT2D eigenvalue weighted by Crippen LogP contribution is 2.29. The molecule has 3 rings (SSSR count). The summed E-state index contributed by atoms with van der Waals surface area (Å²) in [6.07, 6.45) is 0.747. The summed E-state index contributed by atoms with van der Waals surface area (Å²) in [5, 5.41) is 2.84. The Balaban J connectivity index is 1.80. The molecule has 2 atom stereocenters. The zero-order valence-electron chi connectivity index (χ0n) is 17.0. The summed E-state index contributed by atoms with van der Waals surface area (Å²) in [5.74, 6) is 0.240. The summed E-state index contributed by atoms with van der Waals surface area (Å²) in [7, 11) is -7.65. The molecule has 0 spiro atoms. The van der Waals surface area contributed by atoms with Crippen molar-refractivity contribution in [2.45, 2.75) is 42.1 Å². The van der Waals surface area contributed by atoms with Crippen LogP contribution >= 0.6 is 11.8 Å². The molecule has 0 radical (unpaired) electrons. The molecule has 0 bridgehead atoms. The number of carbonyl (C=O) groups excluding carboxylic acids is 1. The first kappa shape index (κ1) is 23.5. The Labute approximate surface area is 182 Å². The Kier molecular flexibility index (Phi) is 7.46. The van der Waals surface area contributed by atoms with E-state index in [1.807, 2.05) is 13.8 Å². The first-order valence-corrected chi connectivity index (χ1v) is 13.8. The van der Waals surface area contributed by atoms with E-state index in [2.05, 4.69) is 5.32 Å². The predicted octanol–water partition coefficient (Wildman–Crippen LogP) is 0.686. The Morgan fingerprint density at radius 2 is 1.70 bits per heavy atom. The molecule has 1 aromatic rings. The van der Waals surface area contributed by atoms with Crippen LogP contribution in [0.3, 0.4) is 0 Å². The lowest BCUT2D eigenvalue weighted by atomic mass is 10.2. The summed E-state index contributed by atoms with van der Waals surface area (Å²) in [4.78, 5) is 12.5. The number of rotatable bonds is 7. The van der Waals surface area contributed by atoms with Gasteiger partial charge in [-0.15, -0.1) is 11.8 Å². The summed E-state index contributed by atoms with van der Waals surface area (Å²) in [5.41, 5.74) is 0. The molecule has 0 saturated carbocycles. The molecule has 1 N–H and O–H groups in total. The maximum absolute atomic E-state index is 13.1. The van der Waals surface area contributed by atoms with Crippen LogP contribution in [0.2, 0.25) is 0 Å². The number of sulfonamides is 2. The highest BCUT2D eigenvalue weighted by Gasteiger charge is 2.40. The summed E-state index contributed by atoms with van der Waals surface area (Å²) in [6, 6.07) is 4.34. The summed E-state index contributed by atoms with van der Waals surface area (Å²) in [6.45, 7) is 5.00. The number of amides is 1. The zero-order valence-corrected chi connectivity index (χ0v) is 19.4. The van der Waals surface area contributed by atoms with Crippen molar-refractivity contribution in [3.8, 4) is 0 Å². The van der Waals surface area contributed by atoms with Crippen molar-refractivity contribution in [1.29, 1.82) is 0 Å². The fourth-order valence-corrected chi connectivity index (χ4v) is 7.72. The van der Waals surface area contributed by atoms with E-state index in [1.54, 1.807) is 0 Å². The van der Waals surface area contributed by atoms with Crippen LogP contribution < -0.4 is 5.32 Å². The molecular formula is C18H27N3O6S3. The van der Waals surface area contributed by atoms with Crippen molar-refractivity contribution in [2.75, 3.05) is 37.9 Å². The molecule has 2 heterocycles. The van der Waals surface area contributed by atoms with Crippen LogP contribution in [0.15, 0.2) is 34.1 Å². The van der Waals surface area contributed by atoms with Crippen LogP contribution in [-0.4, -0.2) is 81.4 Å².